The van der Waals surface area contributed by atoms with E-state index in [1.165, 1.54) is 19.2 Å². The fraction of sp³-hybridized carbons (Fsp3) is 0.333. The van der Waals surface area contributed by atoms with Crippen molar-refractivity contribution in [1.82, 2.24) is 15.1 Å². The van der Waals surface area contributed by atoms with Crippen molar-refractivity contribution in [2.45, 2.75) is 31.6 Å². The molecule has 4 aromatic rings. The fourth-order valence-electron chi connectivity index (χ4n) is 6.26. The van der Waals surface area contributed by atoms with Crippen molar-refractivity contribution in [2.75, 3.05) is 25.1 Å². The number of benzene rings is 1. The molecule has 3 fully saturated rings. The number of aromatic carboxylic acids is 1. The van der Waals surface area contributed by atoms with Crippen molar-refractivity contribution in [3.8, 4) is 17.0 Å². The zero-order chi connectivity index (χ0) is 28.5. The Morgan fingerprint density at radius 2 is 1.93 bits per heavy atom. The highest BCUT2D eigenvalue weighted by Crippen LogP contribution is 2.54. The van der Waals surface area contributed by atoms with Gasteiger partial charge in [-0.2, -0.15) is 0 Å². The zero-order valence-electron chi connectivity index (χ0n) is 22.0. The van der Waals surface area contributed by atoms with Crippen LogP contribution < -0.4 is 9.64 Å². The first kappa shape index (κ1) is 26.2. The molecule has 0 unspecified atom stereocenters. The van der Waals surface area contributed by atoms with E-state index in [-0.39, 0.29) is 22.4 Å². The van der Waals surface area contributed by atoms with E-state index in [0.717, 1.165) is 55.8 Å². The van der Waals surface area contributed by atoms with Crippen LogP contribution in [0.15, 0.2) is 41.2 Å². The molecule has 1 aromatic carbocycles. The fourth-order valence-corrected chi connectivity index (χ4v) is 6.80. The molecule has 0 amide bonds. The number of hydrogen-bond acceptors (Lipinski definition) is 7. The number of hydrogen-bond donors (Lipinski definition) is 1. The number of pyridine rings is 2. The number of carboxylic acid groups (broad SMARTS) is 1. The van der Waals surface area contributed by atoms with Crippen LogP contribution in [0, 0.1) is 17.2 Å². The van der Waals surface area contributed by atoms with Gasteiger partial charge in [-0.25, -0.2) is 14.2 Å². The first-order valence-corrected chi connectivity index (χ1v) is 14.1. The van der Waals surface area contributed by atoms with Crippen LogP contribution in [0.2, 0.25) is 10.0 Å². The van der Waals surface area contributed by atoms with Crippen LogP contribution in [0.4, 0.5) is 10.1 Å². The minimum atomic E-state index is -1.24. The molecule has 0 radical (unpaired) electrons. The molecule has 0 atom stereocenters. The Morgan fingerprint density at radius 1 is 1.20 bits per heavy atom. The van der Waals surface area contributed by atoms with Gasteiger partial charge in [0.25, 0.3) is 0 Å². The maximum Gasteiger partial charge on any atom is 0.354 e. The predicted octanol–water partition coefficient (Wildman–Crippen LogP) is 7.24. The summed E-state index contributed by atoms with van der Waals surface area (Å²) in [6, 6.07) is 4.56. The molecule has 2 aliphatic carbocycles. The molecule has 8 nitrogen and oxygen atoms in total. The summed E-state index contributed by atoms with van der Waals surface area (Å²) in [6.45, 7) is 1.64. The van der Waals surface area contributed by atoms with Crippen molar-refractivity contribution in [3.63, 3.8) is 0 Å². The number of methoxy groups -OCH3 is 1. The maximum atomic E-state index is 15.0. The Morgan fingerprint density at radius 3 is 2.59 bits per heavy atom. The summed E-state index contributed by atoms with van der Waals surface area (Å²) in [7, 11) is 1.43. The molecule has 4 heterocycles. The molecular formula is C30H25Cl2FN4O4. The molecule has 2 saturated carbocycles. The van der Waals surface area contributed by atoms with Crippen molar-refractivity contribution in [3.05, 3.63) is 69.5 Å². The maximum absolute atomic E-state index is 15.0. The van der Waals surface area contributed by atoms with E-state index in [9.17, 15) is 9.90 Å². The Labute approximate surface area is 244 Å². The molecule has 1 N–H and O–H groups in total. The van der Waals surface area contributed by atoms with Gasteiger partial charge in [0.2, 0.25) is 0 Å². The number of anilines is 1. The number of aromatic nitrogens is 3. The topological polar surface area (TPSA) is 102 Å². The second-order valence-electron chi connectivity index (χ2n) is 11.3. The number of ether oxygens (including phenoxy) is 1. The van der Waals surface area contributed by atoms with Gasteiger partial charge in [-0.3, -0.25) is 4.98 Å². The summed E-state index contributed by atoms with van der Waals surface area (Å²) in [5, 5.41) is 15.0. The highest BCUT2D eigenvalue weighted by molar-refractivity contribution is 6.39. The van der Waals surface area contributed by atoms with Crippen molar-refractivity contribution < 1.29 is 23.6 Å². The third kappa shape index (κ3) is 4.51. The van der Waals surface area contributed by atoms with Gasteiger partial charge in [-0.15, -0.1) is 0 Å². The summed E-state index contributed by atoms with van der Waals surface area (Å²) < 4.78 is 26.1. The van der Waals surface area contributed by atoms with Gasteiger partial charge >= 0.3 is 5.97 Å². The average Bonchev–Trinajstić information content (AvgIpc) is 3.66. The number of rotatable bonds is 7. The van der Waals surface area contributed by atoms with E-state index in [4.69, 9.17) is 32.5 Å². The minimum Gasteiger partial charge on any atom is -0.496 e. The number of nitrogens with zero attached hydrogens (tertiary/aromatic N) is 4. The molecule has 7 rings (SSSR count). The lowest BCUT2D eigenvalue weighted by atomic mass is 9.57. The van der Waals surface area contributed by atoms with Crippen LogP contribution in [0.1, 0.15) is 53.4 Å². The smallest absolute Gasteiger partial charge is 0.354 e. The van der Waals surface area contributed by atoms with E-state index < -0.39 is 11.8 Å². The SMILES string of the molecule is COc1cc(C(=O)O)nc2c(F)cc(N3CC4(CC(/C=C/c5c(-c6c(Cl)cncc6Cl)noc5C5CC5)C4)C3)cc12. The number of carbonyl (C=O) groups is 1. The predicted molar refractivity (Wildman–Crippen MR) is 153 cm³/mol. The molecule has 1 aliphatic heterocycles. The molecular weight excluding hydrogens is 570 g/mol. The van der Waals surface area contributed by atoms with Crippen molar-refractivity contribution in [1.29, 1.82) is 0 Å². The van der Waals surface area contributed by atoms with Gasteiger partial charge in [0.1, 0.15) is 22.7 Å². The largest absolute Gasteiger partial charge is 0.496 e. The van der Waals surface area contributed by atoms with Gasteiger partial charge < -0.3 is 19.3 Å². The Kier molecular flexibility index (Phi) is 6.21. The Balaban J connectivity index is 1.07. The van der Waals surface area contributed by atoms with Crippen LogP contribution in [-0.4, -0.2) is 46.4 Å². The second-order valence-corrected chi connectivity index (χ2v) is 12.1. The number of allylic oxidation sites excluding steroid dienone is 1. The number of halogens is 3. The molecule has 3 aliphatic rings. The molecule has 1 saturated heterocycles. The van der Waals surface area contributed by atoms with E-state index in [2.05, 4.69) is 32.2 Å². The van der Waals surface area contributed by atoms with E-state index in [1.807, 2.05) is 6.07 Å². The quantitative estimate of drug-likeness (QED) is 0.239. The van der Waals surface area contributed by atoms with E-state index in [1.54, 1.807) is 12.4 Å². The average molecular weight is 595 g/mol. The molecule has 3 aromatic heterocycles. The number of carboxylic acids is 1. The van der Waals surface area contributed by atoms with E-state index in [0.29, 0.717) is 38.5 Å². The van der Waals surface area contributed by atoms with Gasteiger partial charge in [0.15, 0.2) is 11.5 Å². The molecule has 1 spiro atoms. The number of fused-ring (bicyclic) bond motifs is 1. The monoisotopic (exact) mass is 594 g/mol. The van der Waals surface area contributed by atoms with Crippen molar-refractivity contribution in [2.24, 2.45) is 11.3 Å². The van der Waals surface area contributed by atoms with Gasteiger partial charge in [-0.1, -0.05) is 40.5 Å². The third-order valence-corrected chi connectivity index (χ3v) is 8.96. The summed E-state index contributed by atoms with van der Waals surface area (Å²) in [6.07, 6.45) is 11.6. The molecule has 41 heavy (non-hydrogen) atoms. The van der Waals surface area contributed by atoms with Crippen molar-refractivity contribution >= 4 is 51.8 Å². The van der Waals surface area contributed by atoms with Crippen LogP contribution in [0.25, 0.3) is 28.2 Å². The lowest BCUT2D eigenvalue weighted by molar-refractivity contribution is 0.0485. The van der Waals surface area contributed by atoms with Crippen LogP contribution >= 0.6 is 23.2 Å². The summed E-state index contributed by atoms with van der Waals surface area (Å²) in [4.78, 5) is 21.6. The van der Waals surface area contributed by atoms with Crippen LogP contribution in [0.3, 0.4) is 0 Å². The summed E-state index contributed by atoms with van der Waals surface area (Å²) in [5.74, 6) is 0.131. The van der Waals surface area contributed by atoms with Gasteiger partial charge in [0.05, 0.1) is 17.2 Å². The lowest BCUT2D eigenvalue weighted by Gasteiger charge is -2.59. The highest BCUT2D eigenvalue weighted by Gasteiger charge is 2.51. The first-order chi connectivity index (χ1) is 19.7. The normalized spacial score (nSPS) is 18.2. The molecule has 0 bridgehead atoms. The van der Waals surface area contributed by atoms with Crippen LogP contribution in [0.5, 0.6) is 5.75 Å². The zero-order valence-corrected chi connectivity index (χ0v) is 23.5. The first-order valence-electron chi connectivity index (χ1n) is 13.4. The summed E-state index contributed by atoms with van der Waals surface area (Å²) >= 11 is 12.9. The third-order valence-electron chi connectivity index (χ3n) is 8.39. The van der Waals surface area contributed by atoms with Gasteiger partial charge in [0, 0.05) is 65.1 Å². The lowest BCUT2D eigenvalue weighted by Crippen LogP contribution is -2.62. The highest BCUT2D eigenvalue weighted by atomic mass is 35.5. The van der Waals surface area contributed by atoms with Gasteiger partial charge in [-0.05, 0) is 43.7 Å². The minimum absolute atomic E-state index is 0.0115. The van der Waals surface area contributed by atoms with E-state index >= 15 is 4.39 Å². The Bertz CT molecular complexity index is 1720. The molecule has 11 heteroatoms. The standard InChI is InChI=1S/C30H25Cl2FN4O4/c1-40-24-8-23(29(38)39)35-26-19(24)6-17(7-22(26)33)37-13-30(14-37)9-15(10-30)2-5-18-27(36-41-28(18)16-3-4-16)25-20(31)11-34-12-21(25)32/h2,5-8,11-12,15-16H,3-4,9-10,13-14H2,1H3,(H,38,39)/b5-2+. The second kappa shape index (κ2) is 9.70. The Hall–Kier alpha value is -3.69. The molecule has 210 valence electrons. The summed E-state index contributed by atoms with van der Waals surface area (Å²) in [5.41, 5.74) is 2.85. The van der Waals surface area contributed by atoms with Crippen LogP contribution in [-0.2, 0) is 0 Å².